The second-order valence-electron chi connectivity index (χ2n) is 6.09. The zero-order valence-corrected chi connectivity index (χ0v) is 12.7. The van der Waals surface area contributed by atoms with Crippen LogP contribution in [0.4, 0.5) is 0 Å². The van der Waals surface area contributed by atoms with Gasteiger partial charge in [0.25, 0.3) is 0 Å². The van der Waals surface area contributed by atoms with Crippen molar-refractivity contribution in [2.75, 3.05) is 33.4 Å². The van der Waals surface area contributed by atoms with Crippen LogP contribution in [0.25, 0.3) is 0 Å². The van der Waals surface area contributed by atoms with Gasteiger partial charge in [-0.1, -0.05) is 6.07 Å². The highest BCUT2D eigenvalue weighted by atomic mass is 16.6. The van der Waals surface area contributed by atoms with E-state index in [2.05, 4.69) is 11.8 Å². The Morgan fingerprint density at radius 3 is 3.05 bits per heavy atom. The van der Waals surface area contributed by atoms with Gasteiger partial charge in [-0.05, 0) is 24.6 Å². The summed E-state index contributed by atoms with van der Waals surface area (Å²) in [5, 5.41) is 9.68. The lowest BCUT2D eigenvalue weighted by Crippen LogP contribution is -2.55. The van der Waals surface area contributed by atoms with Gasteiger partial charge >= 0.3 is 0 Å². The Bertz CT molecular complexity index is 499. The Kier molecular flexibility index (Phi) is 4.06. The molecule has 0 aromatic heterocycles. The highest BCUT2D eigenvalue weighted by Crippen LogP contribution is 2.32. The fourth-order valence-corrected chi connectivity index (χ4v) is 3.34. The standard InChI is InChI=1S/C16H23NO4/c1-12-8-17(10-16(21-12)5-6-20-11-16)9-13-3-4-14(18)15(7-13)19-2/h3-4,7,12,18H,5-6,8-11H2,1-2H3. The molecule has 0 saturated carbocycles. The van der Waals surface area contributed by atoms with E-state index >= 15 is 0 Å². The summed E-state index contributed by atoms with van der Waals surface area (Å²) in [7, 11) is 1.57. The molecule has 3 rings (SSSR count). The minimum Gasteiger partial charge on any atom is -0.504 e. The molecule has 1 aromatic carbocycles. The van der Waals surface area contributed by atoms with Crippen LogP contribution >= 0.6 is 0 Å². The van der Waals surface area contributed by atoms with Crippen LogP contribution in [0.5, 0.6) is 11.5 Å². The van der Waals surface area contributed by atoms with Crippen molar-refractivity contribution in [3.05, 3.63) is 23.8 Å². The van der Waals surface area contributed by atoms with Crippen LogP contribution in [-0.4, -0.2) is 55.1 Å². The van der Waals surface area contributed by atoms with E-state index in [1.165, 1.54) is 0 Å². The molecule has 2 aliphatic heterocycles. The number of hydrogen-bond acceptors (Lipinski definition) is 5. The lowest BCUT2D eigenvalue weighted by atomic mass is 9.99. The van der Waals surface area contributed by atoms with Gasteiger partial charge in [0.2, 0.25) is 0 Å². The third-order valence-corrected chi connectivity index (χ3v) is 4.20. The van der Waals surface area contributed by atoms with Crippen molar-refractivity contribution in [2.24, 2.45) is 0 Å². The van der Waals surface area contributed by atoms with Gasteiger partial charge in [-0.2, -0.15) is 0 Å². The molecule has 2 unspecified atom stereocenters. The van der Waals surface area contributed by atoms with Crippen LogP contribution in [0, 0.1) is 0 Å². The van der Waals surface area contributed by atoms with Crippen molar-refractivity contribution < 1.29 is 19.3 Å². The van der Waals surface area contributed by atoms with Crippen LogP contribution in [0.1, 0.15) is 18.9 Å². The quantitative estimate of drug-likeness (QED) is 0.920. The molecule has 2 heterocycles. The van der Waals surface area contributed by atoms with Crippen LogP contribution in [0.15, 0.2) is 18.2 Å². The molecule has 21 heavy (non-hydrogen) atoms. The zero-order chi connectivity index (χ0) is 14.9. The number of aromatic hydroxyl groups is 1. The maximum absolute atomic E-state index is 9.68. The fourth-order valence-electron chi connectivity index (χ4n) is 3.34. The first-order valence-corrected chi connectivity index (χ1v) is 7.44. The summed E-state index contributed by atoms with van der Waals surface area (Å²) in [5.41, 5.74) is 0.992. The number of ether oxygens (including phenoxy) is 3. The van der Waals surface area contributed by atoms with E-state index in [1.807, 2.05) is 12.1 Å². The number of rotatable bonds is 3. The van der Waals surface area contributed by atoms with Crippen LogP contribution in [0.2, 0.25) is 0 Å². The van der Waals surface area contributed by atoms with Gasteiger partial charge in [-0.15, -0.1) is 0 Å². The minimum atomic E-state index is -0.140. The molecule has 116 valence electrons. The Morgan fingerprint density at radius 1 is 1.48 bits per heavy atom. The van der Waals surface area contributed by atoms with Crippen LogP contribution in [-0.2, 0) is 16.0 Å². The summed E-state index contributed by atoms with van der Waals surface area (Å²) in [5.74, 6) is 0.699. The number of phenolic OH excluding ortho intramolecular Hbond substituents is 1. The molecular weight excluding hydrogens is 270 g/mol. The van der Waals surface area contributed by atoms with E-state index in [0.717, 1.165) is 38.2 Å². The third kappa shape index (κ3) is 3.15. The molecule has 2 fully saturated rings. The maximum Gasteiger partial charge on any atom is 0.160 e. The summed E-state index contributed by atoms with van der Waals surface area (Å²) in [6, 6.07) is 5.52. The largest absolute Gasteiger partial charge is 0.504 e. The van der Waals surface area contributed by atoms with Gasteiger partial charge in [0, 0.05) is 32.7 Å². The molecule has 5 heteroatoms. The molecule has 1 N–H and O–H groups in total. The Balaban J connectivity index is 1.71. The molecule has 2 saturated heterocycles. The molecule has 5 nitrogen and oxygen atoms in total. The first kappa shape index (κ1) is 14.6. The number of benzene rings is 1. The Morgan fingerprint density at radius 2 is 2.33 bits per heavy atom. The molecule has 2 aliphatic rings. The predicted octanol–water partition coefficient (Wildman–Crippen LogP) is 1.78. The lowest BCUT2D eigenvalue weighted by molar-refractivity contribution is -0.149. The highest BCUT2D eigenvalue weighted by Gasteiger charge is 2.42. The summed E-state index contributed by atoms with van der Waals surface area (Å²) < 4.78 is 16.8. The van der Waals surface area contributed by atoms with Crippen molar-refractivity contribution in [3.63, 3.8) is 0 Å². The summed E-state index contributed by atoms with van der Waals surface area (Å²) >= 11 is 0. The topological polar surface area (TPSA) is 51.2 Å². The average molecular weight is 293 g/mol. The second-order valence-corrected chi connectivity index (χ2v) is 6.09. The van der Waals surface area contributed by atoms with Gasteiger partial charge in [-0.3, -0.25) is 4.90 Å². The van der Waals surface area contributed by atoms with E-state index in [4.69, 9.17) is 14.2 Å². The Labute approximate surface area is 125 Å². The van der Waals surface area contributed by atoms with Gasteiger partial charge in [0.1, 0.15) is 5.60 Å². The summed E-state index contributed by atoms with van der Waals surface area (Å²) in [4.78, 5) is 2.40. The molecule has 0 amide bonds. The number of morpholine rings is 1. The van der Waals surface area contributed by atoms with E-state index in [9.17, 15) is 5.11 Å². The van der Waals surface area contributed by atoms with Crippen LogP contribution < -0.4 is 4.74 Å². The molecule has 2 atom stereocenters. The first-order valence-electron chi connectivity index (χ1n) is 7.44. The minimum absolute atomic E-state index is 0.140. The van der Waals surface area contributed by atoms with E-state index in [-0.39, 0.29) is 17.5 Å². The predicted molar refractivity (Wildman–Crippen MR) is 78.6 cm³/mol. The summed E-state index contributed by atoms with van der Waals surface area (Å²) in [6.07, 6.45) is 1.17. The molecule has 1 aromatic rings. The number of hydrogen-bond donors (Lipinski definition) is 1. The van der Waals surface area contributed by atoms with E-state index < -0.39 is 0 Å². The number of phenols is 1. The van der Waals surface area contributed by atoms with Crippen molar-refractivity contribution in [1.29, 1.82) is 0 Å². The fraction of sp³-hybridized carbons (Fsp3) is 0.625. The maximum atomic E-state index is 9.68. The molecule has 0 bridgehead atoms. The smallest absolute Gasteiger partial charge is 0.160 e. The number of nitrogens with zero attached hydrogens (tertiary/aromatic N) is 1. The van der Waals surface area contributed by atoms with E-state index in [1.54, 1.807) is 13.2 Å². The zero-order valence-electron chi connectivity index (χ0n) is 12.7. The highest BCUT2D eigenvalue weighted by molar-refractivity contribution is 5.41. The molecule has 0 aliphatic carbocycles. The molecule has 1 spiro atoms. The van der Waals surface area contributed by atoms with Crippen molar-refractivity contribution in [2.45, 2.75) is 31.6 Å². The van der Waals surface area contributed by atoms with Crippen LogP contribution in [0.3, 0.4) is 0 Å². The van der Waals surface area contributed by atoms with Gasteiger partial charge in [0.15, 0.2) is 11.5 Å². The average Bonchev–Trinajstić information content (AvgIpc) is 2.87. The molecule has 0 radical (unpaired) electrons. The van der Waals surface area contributed by atoms with Gasteiger partial charge in [-0.25, -0.2) is 0 Å². The van der Waals surface area contributed by atoms with E-state index in [0.29, 0.717) is 12.4 Å². The monoisotopic (exact) mass is 293 g/mol. The number of methoxy groups -OCH3 is 1. The second kappa shape index (κ2) is 5.83. The Hall–Kier alpha value is -1.30. The van der Waals surface area contributed by atoms with Crippen molar-refractivity contribution >= 4 is 0 Å². The van der Waals surface area contributed by atoms with Crippen molar-refractivity contribution in [1.82, 2.24) is 4.90 Å². The normalized spacial score (nSPS) is 29.9. The first-order chi connectivity index (χ1) is 10.1. The summed E-state index contributed by atoms with van der Waals surface area (Å²) in [6.45, 7) is 6.21. The van der Waals surface area contributed by atoms with Gasteiger partial charge in [0.05, 0.1) is 19.8 Å². The lowest BCUT2D eigenvalue weighted by Gasteiger charge is -2.43. The van der Waals surface area contributed by atoms with Gasteiger partial charge < -0.3 is 19.3 Å². The SMILES string of the molecule is COc1cc(CN2CC(C)OC3(CCOC3)C2)ccc1O. The van der Waals surface area contributed by atoms with Crippen molar-refractivity contribution in [3.8, 4) is 11.5 Å². The third-order valence-electron chi connectivity index (χ3n) is 4.20. The molecular formula is C16H23NO4.